The van der Waals surface area contributed by atoms with Gasteiger partial charge in [0.05, 0.1) is 16.4 Å². The van der Waals surface area contributed by atoms with E-state index in [4.69, 9.17) is 11.6 Å². The van der Waals surface area contributed by atoms with Gasteiger partial charge in [-0.05, 0) is 41.1 Å². The lowest BCUT2D eigenvalue weighted by Gasteiger charge is -2.04. The Morgan fingerprint density at radius 2 is 2.18 bits per heavy atom. The standard InChI is InChI=1S/C11H9BrClN3O/c1-6-11(7(2)17)14-15-16(6)8-3-4-9(12)10(13)5-8/h3-5H,1-2H3. The van der Waals surface area contributed by atoms with Crippen molar-refractivity contribution in [1.29, 1.82) is 0 Å². The molecule has 0 saturated heterocycles. The minimum atomic E-state index is -0.100. The molecular weight excluding hydrogens is 305 g/mol. The van der Waals surface area contributed by atoms with Crippen LogP contribution < -0.4 is 0 Å². The van der Waals surface area contributed by atoms with E-state index in [9.17, 15) is 4.79 Å². The number of Topliss-reactive ketones (excluding diaryl/α,β-unsaturated/α-hetero) is 1. The Morgan fingerprint density at radius 1 is 1.47 bits per heavy atom. The van der Waals surface area contributed by atoms with Crippen LogP contribution in [-0.4, -0.2) is 20.8 Å². The molecule has 1 aromatic heterocycles. The molecular formula is C11H9BrClN3O. The van der Waals surface area contributed by atoms with Crippen molar-refractivity contribution in [2.24, 2.45) is 0 Å². The summed E-state index contributed by atoms with van der Waals surface area (Å²) < 4.78 is 2.40. The van der Waals surface area contributed by atoms with Crippen LogP contribution in [0.25, 0.3) is 5.69 Å². The second-order valence-corrected chi connectivity index (χ2v) is 4.85. The third kappa shape index (κ3) is 2.25. The van der Waals surface area contributed by atoms with E-state index in [1.807, 2.05) is 12.1 Å². The Labute approximate surface area is 112 Å². The lowest BCUT2D eigenvalue weighted by molar-refractivity contribution is 0.101. The van der Waals surface area contributed by atoms with Gasteiger partial charge in [0.15, 0.2) is 11.5 Å². The molecule has 0 saturated carbocycles. The van der Waals surface area contributed by atoms with Crippen molar-refractivity contribution in [3.8, 4) is 5.69 Å². The van der Waals surface area contributed by atoms with Gasteiger partial charge in [-0.15, -0.1) is 5.10 Å². The number of hydrogen-bond donors (Lipinski definition) is 0. The predicted octanol–water partition coefficient (Wildman–Crippen LogP) is 3.19. The van der Waals surface area contributed by atoms with Crippen LogP contribution in [-0.2, 0) is 0 Å². The van der Waals surface area contributed by atoms with E-state index in [-0.39, 0.29) is 5.78 Å². The Balaban J connectivity index is 2.53. The fraction of sp³-hybridized carbons (Fsp3) is 0.182. The molecule has 0 aliphatic carbocycles. The summed E-state index contributed by atoms with van der Waals surface area (Å²) in [6, 6.07) is 5.44. The van der Waals surface area contributed by atoms with Crippen LogP contribution >= 0.6 is 27.5 Å². The van der Waals surface area contributed by atoms with E-state index in [0.717, 1.165) is 10.2 Å². The second-order valence-electron chi connectivity index (χ2n) is 3.59. The summed E-state index contributed by atoms with van der Waals surface area (Å²) in [6.45, 7) is 3.27. The van der Waals surface area contributed by atoms with Crippen LogP contribution in [0.4, 0.5) is 0 Å². The average molecular weight is 315 g/mol. The summed E-state index contributed by atoms with van der Waals surface area (Å²) >= 11 is 9.33. The number of carbonyl (C=O) groups is 1. The molecule has 0 amide bonds. The Morgan fingerprint density at radius 3 is 2.71 bits per heavy atom. The van der Waals surface area contributed by atoms with Crippen molar-refractivity contribution in [2.45, 2.75) is 13.8 Å². The van der Waals surface area contributed by atoms with Gasteiger partial charge < -0.3 is 0 Å². The quantitative estimate of drug-likeness (QED) is 0.800. The highest BCUT2D eigenvalue weighted by molar-refractivity contribution is 9.10. The number of hydrogen-bond acceptors (Lipinski definition) is 3. The molecule has 4 nitrogen and oxygen atoms in total. The van der Waals surface area contributed by atoms with Crippen LogP contribution in [0.5, 0.6) is 0 Å². The summed E-state index contributed by atoms with van der Waals surface area (Å²) in [5.41, 5.74) is 1.86. The molecule has 0 aliphatic rings. The third-order valence-electron chi connectivity index (χ3n) is 2.38. The third-order valence-corrected chi connectivity index (χ3v) is 3.61. The smallest absolute Gasteiger partial charge is 0.181 e. The van der Waals surface area contributed by atoms with Crippen LogP contribution in [0.1, 0.15) is 23.1 Å². The van der Waals surface area contributed by atoms with Gasteiger partial charge in [-0.2, -0.15) is 0 Å². The highest BCUT2D eigenvalue weighted by atomic mass is 79.9. The van der Waals surface area contributed by atoms with E-state index in [2.05, 4.69) is 26.2 Å². The van der Waals surface area contributed by atoms with Crippen molar-refractivity contribution in [3.63, 3.8) is 0 Å². The minimum absolute atomic E-state index is 0.100. The molecule has 2 rings (SSSR count). The van der Waals surface area contributed by atoms with E-state index in [1.165, 1.54) is 6.92 Å². The van der Waals surface area contributed by atoms with Crippen LogP contribution in [0, 0.1) is 6.92 Å². The second kappa shape index (κ2) is 4.58. The normalized spacial score (nSPS) is 10.6. The van der Waals surface area contributed by atoms with E-state index in [1.54, 1.807) is 17.7 Å². The largest absolute Gasteiger partial charge is 0.293 e. The summed E-state index contributed by atoms with van der Waals surface area (Å²) in [4.78, 5) is 11.3. The van der Waals surface area contributed by atoms with E-state index < -0.39 is 0 Å². The van der Waals surface area contributed by atoms with Gasteiger partial charge in [0.2, 0.25) is 0 Å². The highest BCUT2D eigenvalue weighted by Crippen LogP contribution is 2.25. The van der Waals surface area contributed by atoms with Crippen molar-refractivity contribution in [3.05, 3.63) is 39.1 Å². The summed E-state index contributed by atoms with van der Waals surface area (Å²) in [6.07, 6.45) is 0. The van der Waals surface area contributed by atoms with Gasteiger partial charge in [0.1, 0.15) is 0 Å². The maximum Gasteiger partial charge on any atom is 0.181 e. The first-order valence-electron chi connectivity index (χ1n) is 4.89. The zero-order chi connectivity index (χ0) is 12.6. The van der Waals surface area contributed by atoms with Gasteiger partial charge in [-0.1, -0.05) is 16.8 Å². The monoisotopic (exact) mass is 313 g/mol. The number of carbonyl (C=O) groups excluding carboxylic acids is 1. The summed E-state index contributed by atoms with van der Waals surface area (Å²) in [5.74, 6) is -0.100. The fourth-order valence-electron chi connectivity index (χ4n) is 1.52. The van der Waals surface area contributed by atoms with Gasteiger partial charge in [-0.25, -0.2) is 4.68 Å². The SMILES string of the molecule is CC(=O)c1nnn(-c2ccc(Br)c(Cl)c2)c1C. The predicted molar refractivity (Wildman–Crippen MR) is 68.8 cm³/mol. The number of halogens is 2. The maximum atomic E-state index is 11.3. The molecule has 0 aliphatic heterocycles. The lowest BCUT2D eigenvalue weighted by atomic mass is 10.2. The number of rotatable bonds is 2. The number of nitrogens with zero attached hydrogens (tertiary/aromatic N) is 3. The molecule has 0 fully saturated rings. The van der Waals surface area contributed by atoms with Crippen molar-refractivity contribution in [1.82, 2.24) is 15.0 Å². The van der Waals surface area contributed by atoms with Gasteiger partial charge in [-0.3, -0.25) is 4.79 Å². The molecule has 1 heterocycles. The molecule has 0 spiro atoms. The van der Waals surface area contributed by atoms with E-state index >= 15 is 0 Å². The Kier molecular flexibility index (Phi) is 3.31. The van der Waals surface area contributed by atoms with E-state index in [0.29, 0.717) is 16.4 Å². The number of benzene rings is 1. The van der Waals surface area contributed by atoms with Gasteiger partial charge >= 0.3 is 0 Å². The van der Waals surface area contributed by atoms with Crippen molar-refractivity contribution < 1.29 is 4.79 Å². The molecule has 88 valence electrons. The van der Waals surface area contributed by atoms with Crippen molar-refractivity contribution in [2.75, 3.05) is 0 Å². The molecule has 0 atom stereocenters. The summed E-state index contributed by atoms with van der Waals surface area (Å²) in [7, 11) is 0. The lowest BCUT2D eigenvalue weighted by Crippen LogP contribution is -2.01. The Hall–Kier alpha value is -1.20. The molecule has 17 heavy (non-hydrogen) atoms. The highest BCUT2D eigenvalue weighted by Gasteiger charge is 2.13. The molecule has 1 aromatic carbocycles. The molecule has 6 heteroatoms. The Bertz CT molecular complexity index is 594. The number of aromatic nitrogens is 3. The molecule has 0 bridgehead atoms. The topological polar surface area (TPSA) is 47.8 Å². The first-order valence-corrected chi connectivity index (χ1v) is 6.06. The molecule has 0 radical (unpaired) electrons. The molecule has 0 N–H and O–H groups in total. The molecule has 0 unspecified atom stereocenters. The summed E-state index contributed by atoms with van der Waals surface area (Å²) in [5, 5.41) is 8.39. The maximum absolute atomic E-state index is 11.3. The fourth-order valence-corrected chi connectivity index (χ4v) is 1.94. The van der Waals surface area contributed by atoms with Gasteiger partial charge in [0, 0.05) is 11.4 Å². The zero-order valence-corrected chi connectivity index (χ0v) is 11.6. The molecule has 2 aromatic rings. The number of ketones is 1. The van der Waals surface area contributed by atoms with Crippen LogP contribution in [0.2, 0.25) is 5.02 Å². The first kappa shape index (κ1) is 12.3. The zero-order valence-electron chi connectivity index (χ0n) is 9.24. The minimum Gasteiger partial charge on any atom is -0.293 e. The average Bonchev–Trinajstić information content (AvgIpc) is 2.64. The van der Waals surface area contributed by atoms with Crippen LogP contribution in [0.3, 0.4) is 0 Å². The first-order chi connectivity index (χ1) is 8.00. The van der Waals surface area contributed by atoms with Crippen LogP contribution in [0.15, 0.2) is 22.7 Å². The van der Waals surface area contributed by atoms with Gasteiger partial charge in [0.25, 0.3) is 0 Å². The van der Waals surface area contributed by atoms with Crippen molar-refractivity contribution >= 4 is 33.3 Å².